The van der Waals surface area contributed by atoms with E-state index < -0.39 is 12.5 Å². The maximum Gasteiger partial charge on any atom is 0.317 e. The van der Waals surface area contributed by atoms with Crippen molar-refractivity contribution in [3.8, 4) is 11.1 Å². The fraction of sp³-hybridized carbons (Fsp3) is 0.468. The zero-order valence-electron chi connectivity index (χ0n) is 37.4. The fourth-order valence-electron chi connectivity index (χ4n) is 9.45. The summed E-state index contributed by atoms with van der Waals surface area (Å²) in [5.41, 5.74) is 6.34. The number of hydrogen-bond acceptors (Lipinski definition) is 10. The third-order valence-electron chi connectivity index (χ3n) is 13.0. The third kappa shape index (κ3) is 9.66. The van der Waals surface area contributed by atoms with Gasteiger partial charge in [0.1, 0.15) is 0 Å². The summed E-state index contributed by atoms with van der Waals surface area (Å²) in [4.78, 5) is 67.5. The minimum atomic E-state index is -2.76. The van der Waals surface area contributed by atoms with Crippen LogP contribution in [0.4, 0.5) is 30.8 Å². The Kier molecular flexibility index (Phi) is 14.1. The SMILES string of the molecule is C=C(CCC(C)N1C(=O)c2ccc(NCCCC(=O)NCCn3cc(-c4cc5c(cc4C(F)F)N(c4nn(C6CCOCC6)c6c4CN(C(=O)NC)CC6)CCC5)cn3)cc2C1=O)NC=O. The van der Waals surface area contributed by atoms with Crippen molar-refractivity contribution in [1.82, 2.24) is 45.3 Å². The fourth-order valence-corrected chi connectivity index (χ4v) is 9.45. The summed E-state index contributed by atoms with van der Waals surface area (Å²) in [6.07, 6.45) is 6.53. The predicted molar refractivity (Wildman–Crippen MR) is 243 cm³/mol. The van der Waals surface area contributed by atoms with Crippen molar-refractivity contribution in [2.45, 2.75) is 96.3 Å². The Hall–Kier alpha value is -6.63. The molecule has 1 atom stereocenters. The lowest BCUT2D eigenvalue weighted by molar-refractivity contribution is -0.121. The normalized spacial score (nSPS) is 16.5. The Bertz CT molecular complexity index is 2500. The van der Waals surface area contributed by atoms with Crippen molar-refractivity contribution >= 4 is 47.4 Å². The van der Waals surface area contributed by atoms with Gasteiger partial charge in [0.2, 0.25) is 12.3 Å². The van der Waals surface area contributed by atoms with Gasteiger partial charge >= 0.3 is 6.03 Å². The smallest absolute Gasteiger partial charge is 0.317 e. The molecule has 19 heteroatoms. The number of rotatable bonds is 18. The Morgan fingerprint density at radius 1 is 1.02 bits per heavy atom. The van der Waals surface area contributed by atoms with Crippen LogP contribution in [0.25, 0.3) is 11.1 Å². The van der Waals surface area contributed by atoms with Gasteiger partial charge in [-0.3, -0.25) is 33.4 Å². The molecular formula is C47H57F2N11O6. The van der Waals surface area contributed by atoms with E-state index in [1.165, 1.54) is 4.90 Å². The van der Waals surface area contributed by atoms with E-state index in [1.54, 1.807) is 60.2 Å². The second-order valence-electron chi connectivity index (χ2n) is 17.3. The van der Waals surface area contributed by atoms with E-state index >= 15 is 8.78 Å². The van der Waals surface area contributed by atoms with Crippen molar-refractivity contribution in [2.75, 3.05) is 56.7 Å². The quantitative estimate of drug-likeness (QED) is 0.0536. The lowest BCUT2D eigenvalue weighted by Crippen LogP contribution is -2.42. The maximum absolute atomic E-state index is 15.0. The highest BCUT2D eigenvalue weighted by molar-refractivity contribution is 6.22. The largest absolute Gasteiger partial charge is 0.385 e. The number of ether oxygens (including phenoxy) is 1. The molecule has 350 valence electrons. The first-order valence-electron chi connectivity index (χ1n) is 22.8. The number of carbonyl (C=O) groups excluding carboxylic acids is 5. The number of benzene rings is 2. The monoisotopic (exact) mass is 909 g/mol. The average Bonchev–Trinajstić information content (AvgIpc) is 4.02. The second kappa shape index (κ2) is 20.3. The van der Waals surface area contributed by atoms with Crippen LogP contribution in [-0.4, -0.2) is 112 Å². The molecule has 0 bridgehead atoms. The van der Waals surface area contributed by atoms with Gasteiger partial charge in [-0.05, 0) is 93.3 Å². The minimum Gasteiger partial charge on any atom is -0.385 e. The number of nitrogens with zero attached hydrogens (tertiary/aromatic N) is 7. The molecule has 8 rings (SSSR count). The van der Waals surface area contributed by atoms with Crippen molar-refractivity contribution in [3.05, 3.63) is 88.5 Å². The summed E-state index contributed by atoms with van der Waals surface area (Å²) in [5.74, 6) is -0.189. The van der Waals surface area contributed by atoms with Gasteiger partial charge in [0, 0.05) is 111 Å². The first-order chi connectivity index (χ1) is 31.9. The molecule has 4 aliphatic rings. The highest BCUT2D eigenvalue weighted by atomic mass is 19.3. The molecule has 4 N–H and O–H groups in total. The van der Waals surface area contributed by atoms with E-state index in [9.17, 15) is 24.0 Å². The Morgan fingerprint density at radius 2 is 1.82 bits per heavy atom. The average molecular weight is 910 g/mol. The van der Waals surface area contributed by atoms with Gasteiger partial charge in [0.25, 0.3) is 18.2 Å². The molecule has 6 heterocycles. The molecule has 17 nitrogen and oxygen atoms in total. The number of nitrogens with one attached hydrogen (secondary N) is 4. The summed E-state index contributed by atoms with van der Waals surface area (Å²) in [6, 6.07) is 8.06. The molecule has 4 aliphatic heterocycles. The van der Waals surface area contributed by atoms with Crippen LogP contribution in [0, 0.1) is 0 Å². The number of alkyl halides is 2. The predicted octanol–water partition coefficient (Wildman–Crippen LogP) is 5.85. The molecule has 2 aromatic heterocycles. The molecule has 2 aromatic carbocycles. The highest BCUT2D eigenvalue weighted by Crippen LogP contribution is 2.44. The van der Waals surface area contributed by atoms with Crippen molar-refractivity contribution in [1.29, 1.82) is 0 Å². The van der Waals surface area contributed by atoms with Crippen molar-refractivity contribution in [2.24, 2.45) is 0 Å². The minimum absolute atomic E-state index is 0.105. The number of aryl methyl sites for hydroxylation is 1. The van der Waals surface area contributed by atoms with Crippen LogP contribution in [0.15, 0.2) is 55.0 Å². The van der Waals surface area contributed by atoms with Gasteiger partial charge in [-0.15, -0.1) is 0 Å². The summed E-state index contributed by atoms with van der Waals surface area (Å²) in [6.45, 7) is 9.46. The number of urea groups is 1. The van der Waals surface area contributed by atoms with Gasteiger partial charge in [0.15, 0.2) is 5.82 Å². The second-order valence-corrected chi connectivity index (χ2v) is 17.3. The van der Waals surface area contributed by atoms with E-state index in [1.807, 2.05) is 6.07 Å². The number of aromatic nitrogens is 4. The summed E-state index contributed by atoms with van der Waals surface area (Å²) in [7, 11) is 1.62. The van der Waals surface area contributed by atoms with Gasteiger partial charge in [0.05, 0.1) is 36.5 Å². The van der Waals surface area contributed by atoms with Crippen LogP contribution < -0.4 is 26.2 Å². The molecular weight excluding hydrogens is 853 g/mol. The molecule has 1 saturated heterocycles. The molecule has 1 unspecified atom stereocenters. The van der Waals surface area contributed by atoms with Gasteiger partial charge in [-0.1, -0.05) is 6.58 Å². The number of imide groups is 1. The first kappa shape index (κ1) is 45.9. The third-order valence-corrected chi connectivity index (χ3v) is 13.0. The summed E-state index contributed by atoms with van der Waals surface area (Å²) >= 11 is 0. The zero-order valence-corrected chi connectivity index (χ0v) is 37.4. The molecule has 0 radical (unpaired) electrons. The van der Waals surface area contributed by atoms with E-state index in [-0.39, 0.29) is 48.3 Å². The first-order valence-corrected chi connectivity index (χ1v) is 22.8. The molecule has 1 fully saturated rings. The van der Waals surface area contributed by atoms with E-state index in [0.717, 1.165) is 36.1 Å². The van der Waals surface area contributed by atoms with Crippen LogP contribution in [0.5, 0.6) is 0 Å². The van der Waals surface area contributed by atoms with Crippen LogP contribution >= 0.6 is 0 Å². The van der Waals surface area contributed by atoms with Crippen LogP contribution in [0.2, 0.25) is 0 Å². The highest BCUT2D eigenvalue weighted by Gasteiger charge is 2.39. The number of allylic oxidation sites excluding steroid dienone is 1. The number of amides is 6. The van der Waals surface area contributed by atoms with E-state index in [4.69, 9.17) is 9.84 Å². The lowest BCUT2D eigenvalue weighted by atomic mass is 9.92. The number of halogens is 2. The Labute approximate surface area is 381 Å². The standard InChI is InChI=1S/C47H57F2N11O6/c1-29(53-28-61)8-9-30(2)59-45(63)35-11-10-33(23-38(35)46(59)64)51-15-4-7-42(62)52-16-19-57-26-32(25-54-57)36-22-31-6-5-17-58(41(31)24-37(36)43(48)49)44-39-27-56(47(65)50-3)18-12-40(39)60(55-44)34-13-20-66-21-14-34/h10-11,22-26,28,30,34,43,51H,1,4-9,12-21,27H2,2-3H3,(H,50,65)(H,52,62)(H,53,61). The van der Waals surface area contributed by atoms with Crippen molar-refractivity contribution < 1.29 is 37.5 Å². The summed E-state index contributed by atoms with van der Waals surface area (Å²) in [5, 5.41) is 21.0. The molecule has 66 heavy (non-hydrogen) atoms. The zero-order chi connectivity index (χ0) is 46.5. The molecule has 0 spiro atoms. The molecule has 4 aromatic rings. The topological polar surface area (TPSA) is 188 Å². The van der Waals surface area contributed by atoms with Crippen LogP contribution in [-0.2, 0) is 40.3 Å². The van der Waals surface area contributed by atoms with E-state index in [0.29, 0.717) is 130 Å². The maximum atomic E-state index is 15.0. The Morgan fingerprint density at radius 3 is 2.59 bits per heavy atom. The number of hydrogen-bond donors (Lipinski definition) is 4. The number of fused-ring (bicyclic) bond motifs is 3. The number of anilines is 3. The summed E-state index contributed by atoms with van der Waals surface area (Å²) < 4.78 is 39.4. The van der Waals surface area contributed by atoms with Gasteiger partial charge in [-0.2, -0.15) is 10.2 Å². The molecule has 0 aliphatic carbocycles. The Balaban J connectivity index is 0.863. The lowest BCUT2D eigenvalue weighted by Gasteiger charge is -2.33. The molecule has 0 saturated carbocycles. The van der Waals surface area contributed by atoms with Crippen molar-refractivity contribution in [3.63, 3.8) is 0 Å². The number of carbonyl (C=O) groups is 5. The molecule has 6 amide bonds. The van der Waals surface area contributed by atoms with Crippen LogP contribution in [0.1, 0.15) is 107 Å². The van der Waals surface area contributed by atoms with Gasteiger partial charge < -0.3 is 35.8 Å². The van der Waals surface area contributed by atoms with Crippen LogP contribution in [0.3, 0.4) is 0 Å². The van der Waals surface area contributed by atoms with E-state index in [2.05, 4.69) is 42.5 Å². The van der Waals surface area contributed by atoms with Gasteiger partial charge in [-0.25, -0.2) is 13.6 Å².